The molecule has 1 N–H and O–H groups in total. The zero-order chi connectivity index (χ0) is 33.0. The topological polar surface area (TPSA) is 178 Å². The number of ether oxygens (including phenoxy) is 3. The SMILES string of the molecule is C[C@]12CC[C@@H]3[C@](CC[C@H]4[C@@]3(C)CCC[C@@]4(C)C(=O)NCC(=O)OCCOc3no[n+]([O-])c3S(=O)(=O)c3ccccc3)(C1)C(C=O)O2. The van der Waals surface area contributed by atoms with E-state index in [9.17, 15) is 28.0 Å². The molecule has 1 aliphatic heterocycles. The van der Waals surface area contributed by atoms with E-state index < -0.39 is 38.2 Å². The van der Waals surface area contributed by atoms with Crippen LogP contribution in [0.3, 0.4) is 0 Å². The number of esters is 1. The lowest BCUT2D eigenvalue weighted by Gasteiger charge is -2.64. The summed E-state index contributed by atoms with van der Waals surface area (Å²) in [4.78, 5) is 38.1. The minimum atomic E-state index is -4.28. The van der Waals surface area contributed by atoms with E-state index in [2.05, 4.69) is 28.9 Å². The molecule has 1 amide bonds. The molecule has 1 aromatic carbocycles. The van der Waals surface area contributed by atoms with E-state index in [0.29, 0.717) is 6.42 Å². The number of rotatable bonds is 10. The Labute approximate surface area is 267 Å². The normalized spacial score (nSPS) is 35.0. The van der Waals surface area contributed by atoms with Crippen molar-refractivity contribution in [1.29, 1.82) is 0 Å². The molecule has 2 aromatic rings. The van der Waals surface area contributed by atoms with E-state index in [1.165, 1.54) is 24.3 Å². The number of fused-ring (bicyclic) bond motifs is 3. The number of nitrogens with one attached hydrogen (secondary N) is 1. The van der Waals surface area contributed by atoms with Gasteiger partial charge in [-0.3, -0.25) is 14.2 Å². The molecular formula is C32H41N3O10S. The second kappa shape index (κ2) is 11.6. The van der Waals surface area contributed by atoms with Crippen LogP contribution in [0.1, 0.15) is 72.1 Å². The highest BCUT2D eigenvalue weighted by molar-refractivity contribution is 7.91. The maximum atomic E-state index is 13.7. The van der Waals surface area contributed by atoms with Crippen LogP contribution in [-0.4, -0.2) is 63.2 Å². The second-order valence-corrected chi connectivity index (χ2v) is 16.0. The molecule has 1 saturated heterocycles. The Kier molecular flexibility index (Phi) is 8.19. The van der Waals surface area contributed by atoms with E-state index in [0.717, 1.165) is 51.2 Å². The number of aldehydes is 1. The van der Waals surface area contributed by atoms with Gasteiger partial charge in [0.2, 0.25) is 5.91 Å². The van der Waals surface area contributed by atoms with Crippen LogP contribution in [0, 0.1) is 33.3 Å². The molecule has 3 saturated carbocycles. The molecule has 14 heteroatoms. The highest BCUT2D eigenvalue weighted by Gasteiger charge is 2.69. The fourth-order valence-electron chi connectivity index (χ4n) is 9.63. The van der Waals surface area contributed by atoms with Gasteiger partial charge in [0.25, 0.3) is 9.84 Å². The van der Waals surface area contributed by atoms with E-state index in [1.807, 2.05) is 6.92 Å². The van der Waals surface area contributed by atoms with Gasteiger partial charge in [0, 0.05) is 10.8 Å². The molecule has 2 bridgehead atoms. The van der Waals surface area contributed by atoms with Crippen molar-refractivity contribution in [2.24, 2.45) is 28.1 Å². The number of carbonyl (C=O) groups is 3. The lowest BCUT2D eigenvalue weighted by Crippen LogP contribution is -2.62. The van der Waals surface area contributed by atoms with Gasteiger partial charge >= 0.3 is 16.9 Å². The van der Waals surface area contributed by atoms with Crippen LogP contribution >= 0.6 is 0 Å². The smallest absolute Gasteiger partial charge is 0.415 e. The van der Waals surface area contributed by atoms with Gasteiger partial charge in [0.1, 0.15) is 32.1 Å². The molecule has 13 nitrogen and oxygen atoms in total. The van der Waals surface area contributed by atoms with Crippen molar-refractivity contribution < 1.29 is 46.5 Å². The summed E-state index contributed by atoms with van der Waals surface area (Å²) in [5, 5.41) is 17.4. The van der Waals surface area contributed by atoms with E-state index in [1.54, 1.807) is 6.07 Å². The van der Waals surface area contributed by atoms with Crippen LogP contribution in [0.25, 0.3) is 0 Å². The molecule has 3 aliphatic carbocycles. The monoisotopic (exact) mass is 659 g/mol. The molecule has 250 valence electrons. The predicted molar refractivity (Wildman–Crippen MR) is 159 cm³/mol. The molecule has 0 radical (unpaired) electrons. The Balaban J connectivity index is 1.04. The zero-order valence-electron chi connectivity index (χ0n) is 26.4. The number of amides is 1. The highest BCUT2D eigenvalue weighted by Crippen LogP contribution is 2.71. The maximum Gasteiger partial charge on any atom is 0.415 e. The Morgan fingerprint density at radius 3 is 2.57 bits per heavy atom. The van der Waals surface area contributed by atoms with Crippen molar-refractivity contribution in [2.45, 2.75) is 93.8 Å². The Morgan fingerprint density at radius 1 is 1.09 bits per heavy atom. The van der Waals surface area contributed by atoms with Crippen molar-refractivity contribution >= 4 is 28.0 Å². The second-order valence-electron chi connectivity index (χ2n) is 14.1. The van der Waals surface area contributed by atoms with Gasteiger partial charge in [-0.05, 0) is 86.2 Å². The molecule has 46 heavy (non-hydrogen) atoms. The summed E-state index contributed by atoms with van der Waals surface area (Å²) in [7, 11) is -4.28. The molecule has 1 aromatic heterocycles. The van der Waals surface area contributed by atoms with Crippen LogP contribution in [-0.2, 0) is 33.7 Å². The quantitative estimate of drug-likeness (QED) is 0.172. The number of sulfone groups is 1. The average Bonchev–Trinajstić information content (AvgIpc) is 3.50. The van der Waals surface area contributed by atoms with Crippen LogP contribution in [0.5, 0.6) is 5.88 Å². The van der Waals surface area contributed by atoms with Gasteiger partial charge < -0.3 is 29.5 Å². The molecular weight excluding hydrogens is 618 g/mol. The highest BCUT2D eigenvalue weighted by atomic mass is 32.2. The molecule has 6 rings (SSSR count). The third-order valence-electron chi connectivity index (χ3n) is 11.5. The standard InChI is InChI=1S/C32H41N3O10S/c1-29-14-10-23-30(2)12-7-13-31(3,22(30)11-15-32(23,20-29)24(19-36)44-29)28(38)33-18-25(37)42-16-17-43-26-27(35(39)45-34-26)46(40,41)21-8-5-4-6-9-21/h4-6,8-9,19,22-24H,7,10-18,20H2,1-3H3,(H,33,38)/t22-,23-,24?,29-,30+,31+,32-/m0/s1. The molecule has 4 fully saturated rings. The Bertz CT molecular complexity index is 1610. The summed E-state index contributed by atoms with van der Waals surface area (Å²) >= 11 is 0. The number of benzene rings is 1. The predicted octanol–water partition coefficient (Wildman–Crippen LogP) is 2.93. The summed E-state index contributed by atoms with van der Waals surface area (Å²) < 4.78 is 47.0. The van der Waals surface area contributed by atoms with E-state index in [4.69, 9.17) is 14.2 Å². The summed E-state index contributed by atoms with van der Waals surface area (Å²) in [6.07, 6.45) is 7.58. The molecule has 1 spiro atoms. The minimum Gasteiger partial charge on any atom is -0.461 e. The number of hydrogen-bond donors (Lipinski definition) is 1. The first-order chi connectivity index (χ1) is 21.8. The fourth-order valence-corrected chi connectivity index (χ4v) is 10.9. The number of hydrogen-bond acceptors (Lipinski definition) is 11. The lowest BCUT2D eigenvalue weighted by molar-refractivity contribution is -0.832. The number of aromatic nitrogens is 2. The van der Waals surface area contributed by atoms with Gasteiger partial charge in [-0.2, -0.15) is 0 Å². The third kappa shape index (κ3) is 5.17. The van der Waals surface area contributed by atoms with Crippen LogP contribution in [0.2, 0.25) is 0 Å². The molecule has 7 atom stereocenters. The van der Waals surface area contributed by atoms with Crippen molar-refractivity contribution in [3.63, 3.8) is 0 Å². The average molecular weight is 660 g/mol. The first kappa shape index (κ1) is 32.4. The molecule has 1 unspecified atom stereocenters. The van der Waals surface area contributed by atoms with E-state index >= 15 is 0 Å². The van der Waals surface area contributed by atoms with Crippen LogP contribution < -0.4 is 15.0 Å². The number of nitrogens with zero attached hydrogens (tertiary/aromatic N) is 2. The first-order valence-corrected chi connectivity index (χ1v) is 17.4. The molecule has 2 heterocycles. The third-order valence-corrected chi connectivity index (χ3v) is 13.2. The van der Waals surface area contributed by atoms with Crippen LogP contribution in [0.15, 0.2) is 44.9 Å². The number of carbonyl (C=O) groups excluding carboxylic acids is 3. The Morgan fingerprint density at radius 2 is 1.83 bits per heavy atom. The van der Waals surface area contributed by atoms with Gasteiger partial charge in [0.15, 0.2) is 0 Å². The molecule has 4 aliphatic rings. The minimum absolute atomic E-state index is 0.0960. The van der Waals surface area contributed by atoms with Crippen molar-refractivity contribution in [1.82, 2.24) is 10.5 Å². The van der Waals surface area contributed by atoms with Crippen LogP contribution in [0.4, 0.5) is 0 Å². The van der Waals surface area contributed by atoms with Gasteiger partial charge in [-0.25, -0.2) is 8.42 Å². The fraction of sp³-hybridized carbons (Fsp3) is 0.656. The Hall–Kier alpha value is -3.52. The van der Waals surface area contributed by atoms with Gasteiger partial charge in [-0.15, -0.1) is 0 Å². The van der Waals surface area contributed by atoms with Gasteiger partial charge in [0.05, 0.1) is 15.7 Å². The summed E-state index contributed by atoms with van der Waals surface area (Å²) in [5.74, 6) is -1.07. The van der Waals surface area contributed by atoms with E-state index in [-0.39, 0.29) is 63.7 Å². The largest absolute Gasteiger partial charge is 0.461 e. The summed E-state index contributed by atoms with van der Waals surface area (Å²) in [5.41, 5.74) is -1.27. The van der Waals surface area contributed by atoms with Crippen molar-refractivity contribution in [3.05, 3.63) is 35.5 Å². The van der Waals surface area contributed by atoms with Crippen molar-refractivity contribution in [3.8, 4) is 5.88 Å². The summed E-state index contributed by atoms with van der Waals surface area (Å²) in [6.45, 7) is 5.48. The lowest BCUT2D eigenvalue weighted by atomic mass is 9.39. The summed E-state index contributed by atoms with van der Waals surface area (Å²) in [6, 6.07) is 7.28. The van der Waals surface area contributed by atoms with Gasteiger partial charge in [-0.1, -0.05) is 38.5 Å². The van der Waals surface area contributed by atoms with Crippen molar-refractivity contribution in [2.75, 3.05) is 19.8 Å². The maximum absolute atomic E-state index is 13.7. The first-order valence-electron chi connectivity index (χ1n) is 15.9. The zero-order valence-corrected chi connectivity index (χ0v) is 27.2.